The minimum absolute atomic E-state index is 0.0601. The summed E-state index contributed by atoms with van der Waals surface area (Å²) in [5.41, 5.74) is -0.238. The van der Waals surface area contributed by atoms with Gasteiger partial charge in [-0.2, -0.15) is 0 Å². The first-order valence-corrected chi connectivity index (χ1v) is 4.99. The number of thiophene rings is 1. The molecule has 1 heterocycles. The Balaban J connectivity index is 2.89. The largest absolute Gasteiger partial charge is 0.506 e. The van der Waals surface area contributed by atoms with E-state index in [1.807, 2.05) is 0 Å². The Hall–Kier alpha value is -1.26. The highest BCUT2D eigenvalue weighted by molar-refractivity contribution is 7.17. The lowest BCUT2D eigenvalue weighted by Crippen LogP contribution is -1.97. The quantitative estimate of drug-likeness (QED) is 0.789. The number of carboxylic acids is 1. The summed E-state index contributed by atoms with van der Waals surface area (Å²) in [7, 11) is 0. The van der Waals surface area contributed by atoms with Gasteiger partial charge in [-0.25, -0.2) is 4.79 Å². The number of carbonyl (C=O) groups is 1. The molecular weight excluding hydrogens is 224 g/mol. The fourth-order valence-corrected chi connectivity index (χ4v) is 2.44. The number of rotatable bonds is 1. The number of phenols is 1. The third kappa shape index (κ3) is 1.23. The van der Waals surface area contributed by atoms with Crippen molar-refractivity contribution in [2.24, 2.45) is 0 Å². The Kier molecular flexibility index (Phi) is 2.09. The van der Waals surface area contributed by atoms with Crippen LogP contribution in [0, 0.1) is 0 Å². The summed E-state index contributed by atoms with van der Waals surface area (Å²) in [6.45, 7) is 0. The van der Waals surface area contributed by atoms with Gasteiger partial charge in [0, 0.05) is 10.1 Å². The predicted octanol–water partition coefficient (Wildman–Crippen LogP) is 2.96. The zero-order valence-electron chi connectivity index (χ0n) is 6.82. The maximum atomic E-state index is 10.8. The average molecular weight is 229 g/mol. The molecule has 0 spiro atoms. The lowest BCUT2D eigenvalue weighted by molar-refractivity contribution is 0.0694. The molecule has 0 amide bonds. The van der Waals surface area contributed by atoms with Gasteiger partial charge in [-0.05, 0) is 17.5 Å². The number of carboxylic acid groups (broad SMARTS) is 1. The Bertz CT molecular complexity index is 518. The Morgan fingerprint density at radius 3 is 2.86 bits per heavy atom. The van der Waals surface area contributed by atoms with E-state index in [0.717, 1.165) is 4.70 Å². The van der Waals surface area contributed by atoms with E-state index in [1.54, 1.807) is 17.5 Å². The van der Waals surface area contributed by atoms with Gasteiger partial charge in [0.2, 0.25) is 0 Å². The molecule has 72 valence electrons. The maximum Gasteiger partial charge on any atom is 0.341 e. The number of aromatic carboxylic acids is 1. The van der Waals surface area contributed by atoms with E-state index in [4.69, 9.17) is 16.7 Å². The van der Waals surface area contributed by atoms with Crippen LogP contribution in [0.1, 0.15) is 10.4 Å². The minimum Gasteiger partial charge on any atom is -0.506 e. The summed E-state index contributed by atoms with van der Waals surface area (Å²) in [6, 6.07) is 3.21. The van der Waals surface area contributed by atoms with Crippen LogP contribution in [0.15, 0.2) is 17.5 Å². The lowest BCUT2D eigenvalue weighted by Gasteiger charge is -2.03. The van der Waals surface area contributed by atoms with Gasteiger partial charge in [-0.15, -0.1) is 11.3 Å². The minimum atomic E-state index is -1.22. The van der Waals surface area contributed by atoms with Gasteiger partial charge in [0.05, 0.1) is 5.02 Å². The fourth-order valence-electron chi connectivity index (χ4n) is 1.27. The summed E-state index contributed by atoms with van der Waals surface area (Å²) in [5.74, 6) is -1.48. The molecule has 2 N–H and O–H groups in total. The number of aromatic hydroxyl groups is 1. The van der Waals surface area contributed by atoms with Crippen LogP contribution in [0.4, 0.5) is 0 Å². The van der Waals surface area contributed by atoms with E-state index in [-0.39, 0.29) is 16.3 Å². The standard InChI is InChI=1S/C9H5ClO3S/c10-5-3-6-4(1-2-14-6)8(11)7(5)9(12)13/h1-3,11H,(H,12,13). The van der Waals surface area contributed by atoms with Crippen LogP contribution in [0.25, 0.3) is 10.1 Å². The van der Waals surface area contributed by atoms with Crippen LogP contribution >= 0.6 is 22.9 Å². The first-order chi connectivity index (χ1) is 6.61. The smallest absolute Gasteiger partial charge is 0.341 e. The van der Waals surface area contributed by atoms with Crippen LogP contribution in [-0.2, 0) is 0 Å². The second kappa shape index (κ2) is 3.15. The first-order valence-electron chi connectivity index (χ1n) is 3.73. The van der Waals surface area contributed by atoms with Crippen molar-refractivity contribution in [1.29, 1.82) is 0 Å². The highest BCUT2D eigenvalue weighted by atomic mass is 35.5. The van der Waals surface area contributed by atoms with Crippen molar-refractivity contribution in [1.82, 2.24) is 0 Å². The first kappa shape index (κ1) is 9.30. The molecule has 5 heteroatoms. The lowest BCUT2D eigenvalue weighted by atomic mass is 10.1. The van der Waals surface area contributed by atoms with Gasteiger partial charge in [-0.1, -0.05) is 11.6 Å². The van der Waals surface area contributed by atoms with Crippen LogP contribution < -0.4 is 0 Å². The zero-order valence-corrected chi connectivity index (χ0v) is 8.39. The monoisotopic (exact) mass is 228 g/mol. The Morgan fingerprint density at radius 2 is 2.21 bits per heavy atom. The topological polar surface area (TPSA) is 57.5 Å². The molecule has 0 aliphatic rings. The maximum absolute atomic E-state index is 10.8. The number of benzene rings is 1. The van der Waals surface area contributed by atoms with E-state index in [1.165, 1.54) is 11.3 Å². The van der Waals surface area contributed by atoms with Crippen LogP contribution in [0.2, 0.25) is 5.02 Å². The van der Waals surface area contributed by atoms with Gasteiger partial charge < -0.3 is 10.2 Å². The molecule has 3 nitrogen and oxygen atoms in total. The molecule has 0 radical (unpaired) electrons. The normalized spacial score (nSPS) is 10.6. The molecule has 0 fully saturated rings. The molecule has 0 aliphatic carbocycles. The van der Waals surface area contributed by atoms with E-state index in [0.29, 0.717) is 5.39 Å². The van der Waals surface area contributed by atoms with Gasteiger partial charge in [-0.3, -0.25) is 0 Å². The molecule has 14 heavy (non-hydrogen) atoms. The summed E-state index contributed by atoms with van der Waals surface area (Å²) >= 11 is 7.12. The second-order valence-electron chi connectivity index (χ2n) is 2.72. The van der Waals surface area contributed by atoms with Crippen molar-refractivity contribution in [2.75, 3.05) is 0 Å². The molecule has 0 bridgehead atoms. The van der Waals surface area contributed by atoms with Gasteiger partial charge >= 0.3 is 5.97 Å². The van der Waals surface area contributed by atoms with E-state index >= 15 is 0 Å². The fraction of sp³-hybridized carbons (Fsp3) is 0. The molecule has 0 saturated heterocycles. The van der Waals surface area contributed by atoms with Crippen LogP contribution in [-0.4, -0.2) is 16.2 Å². The molecule has 1 aromatic carbocycles. The Labute approximate surface area is 88.2 Å². The third-order valence-corrected chi connectivity index (χ3v) is 3.06. The molecule has 0 unspecified atom stereocenters. The Morgan fingerprint density at radius 1 is 1.50 bits per heavy atom. The predicted molar refractivity (Wildman–Crippen MR) is 55.5 cm³/mol. The van der Waals surface area contributed by atoms with E-state index in [2.05, 4.69) is 0 Å². The zero-order chi connectivity index (χ0) is 10.3. The van der Waals surface area contributed by atoms with Crippen molar-refractivity contribution < 1.29 is 15.0 Å². The van der Waals surface area contributed by atoms with E-state index in [9.17, 15) is 9.90 Å². The van der Waals surface area contributed by atoms with Crippen molar-refractivity contribution in [3.63, 3.8) is 0 Å². The summed E-state index contributed by atoms with van der Waals surface area (Å²) in [6.07, 6.45) is 0. The molecular formula is C9H5ClO3S. The second-order valence-corrected chi connectivity index (χ2v) is 4.07. The third-order valence-electron chi connectivity index (χ3n) is 1.90. The molecule has 2 rings (SSSR count). The average Bonchev–Trinajstić information content (AvgIpc) is 2.50. The van der Waals surface area contributed by atoms with Crippen molar-refractivity contribution in [3.05, 3.63) is 28.1 Å². The summed E-state index contributed by atoms with van der Waals surface area (Å²) in [4.78, 5) is 10.8. The number of fused-ring (bicyclic) bond motifs is 1. The van der Waals surface area contributed by atoms with Crippen molar-refractivity contribution >= 4 is 39.0 Å². The van der Waals surface area contributed by atoms with E-state index < -0.39 is 5.97 Å². The summed E-state index contributed by atoms with van der Waals surface area (Å²) < 4.78 is 0.775. The van der Waals surface area contributed by atoms with Gasteiger partial charge in [0.15, 0.2) is 0 Å². The highest BCUT2D eigenvalue weighted by Gasteiger charge is 2.17. The molecule has 0 aliphatic heterocycles. The number of hydrogen-bond acceptors (Lipinski definition) is 3. The van der Waals surface area contributed by atoms with Gasteiger partial charge in [0.25, 0.3) is 0 Å². The van der Waals surface area contributed by atoms with Crippen LogP contribution in [0.3, 0.4) is 0 Å². The number of hydrogen-bond donors (Lipinski definition) is 2. The molecule has 0 saturated carbocycles. The molecule has 2 aromatic rings. The SMILES string of the molecule is O=C(O)c1c(Cl)cc2sccc2c1O. The molecule has 1 aromatic heterocycles. The van der Waals surface area contributed by atoms with Crippen molar-refractivity contribution in [2.45, 2.75) is 0 Å². The van der Waals surface area contributed by atoms with Crippen LogP contribution in [0.5, 0.6) is 5.75 Å². The number of halogens is 1. The van der Waals surface area contributed by atoms with Gasteiger partial charge in [0.1, 0.15) is 11.3 Å². The van der Waals surface area contributed by atoms with Crippen molar-refractivity contribution in [3.8, 4) is 5.75 Å². The molecule has 0 atom stereocenters. The highest BCUT2D eigenvalue weighted by Crippen LogP contribution is 2.36. The summed E-state index contributed by atoms with van der Waals surface area (Å²) in [5, 5.41) is 20.8.